The van der Waals surface area contributed by atoms with Crippen LogP contribution in [0.25, 0.3) is 11.1 Å². The minimum absolute atomic E-state index is 0.0360. The highest BCUT2D eigenvalue weighted by molar-refractivity contribution is 7.51. The van der Waals surface area contributed by atoms with Gasteiger partial charge in [0.1, 0.15) is 0 Å². The Hall–Kier alpha value is -2.98. The minimum Gasteiger partial charge on any atom is -0.462 e. The topological polar surface area (TPSA) is 144 Å². The molecule has 0 saturated carbocycles. The van der Waals surface area contributed by atoms with Gasteiger partial charge in [-0.1, -0.05) is 24.3 Å². The number of rotatable bonds is 12. The van der Waals surface area contributed by atoms with E-state index in [2.05, 4.69) is 0 Å². The molecule has 11 nitrogen and oxygen atoms in total. The molecule has 0 unspecified atom stereocenters. The quantitative estimate of drug-likeness (QED) is 0.254. The number of nitrogens with two attached hydrogens (primary N) is 1. The molecular weight excluding hydrogens is 479 g/mol. The monoisotopic (exact) mass is 510 g/mol. The van der Waals surface area contributed by atoms with Crippen LogP contribution in [0.15, 0.2) is 24.3 Å². The molecule has 0 bridgehead atoms. The van der Waals surface area contributed by atoms with Gasteiger partial charge in [0, 0.05) is 0 Å². The summed E-state index contributed by atoms with van der Waals surface area (Å²) in [6.45, 7) is 6.83. The van der Waals surface area contributed by atoms with Gasteiger partial charge >= 0.3 is 19.7 Å². The van der Waals surface area contributed by atoms with Crippen LogP contribution in [0.1, 0.15) is 54.0 Å². The molecule has 1 amide bonds. The molecular formula is C23H31N2O9P. The van der Waals surface area contributed by atoms with Crippen molar-refractivity contribution in [3.05, 3.63) is 41.0 Å². The first-order chi connectivity index (χ1) is 16.7. The van der Waals surface area contributed by atoms with E-state index in [1.54, 1.807) is 52.0 Å². The number of anilines is 1. The Labute approximate surface area is 204 Å². The Kier molecular flexibility index (Phi) is 10.2. The molecule has 0 aromatic rings. The summed E-state index contributed by atoms with van der Waals surface area (Å²) in [6.07, 6.45) is -0.242. The highest BCUT2D eigenvalue weighted by Gasteiger charge is 2.38. The molecule has 0 aromatic heterocycles. The van der Waals surface area contributed by atoms with Crippen LogP contribution in [-0.2, 0) is 39.1 Å². The van der Waals surface area contributed by atoms with Crippen molar-refractivity contribution in [1.82, 2.24) is 4.83 Å². The fourth-order valence-electron chi connectivity index (χ4n) is 3.48. The van der Waals surface area contributed by atoms with Gasteiger partial charge in [-0.2, -0.15) is 0 Å². The number of hydrogen-bond donors (Lipinski definition) is 1. The van der Waals surface area contributed by atoms with E-state index in [0.717, 1.165) is 0 Å². The van der Waals surface area contributed by atoms with Crippen LogP contribution < -0.4 is 5.73 Å². The maximum absolute atomic E-state index is 13.0. The lowest BCUT2D eigenvalue weighted by atomic mass is 10.1. The van der Waals surface area contributed by atoms with Crippen LogP contribution in [0.5, 0.6) is 0 Å². The van der Waals surface area contributed by atoms with Gasteiger partial charge in [-0.05, 0) is 44.4 Å². The molecule has 12 heteroatoms. The summed E-state index contributed by atoms with van der Waals surface area (Å²) in [7, 11) is -2.83. The van der Waals surface area contributed by atoms with Crippen molar-refractivity contribution in [3.63, 3.8) is 0 Å². The van der Waals surface area contributed by atoms with E-state index in [4.69, 9.17) is 29.1 Å². The minimum atomic E-state index is -4.01. The van der Waals surface area contributed by atoms with Gasteiger partial charge in [-0.15, -0.1) is 4.83 Å². The van der Waals surface area contributed by atoms with Crippen LogP contribution in [0.2, 0.25) is 0 Å². The highest BCUT2D eigenvalue weighted by atomic mass is 31.2. The molecule has 192 valence electrons. The third kappa shape index (κ3) is 6.18. The zero-order chi connectivity index (χ0) is 26.2. The highest BCUT2D eigenvalue weighted by Crippen LogP contribution is 2.52. The van der Waals surface area contributed by atoms with Crippen LogP contribution in [0.3, 0.4) is 0 Å². The van der Waals surface area contributed by atoms with Crippen LogP contribution in [-0.4, -0.2) is 56.2 Å². The lowest BCUT2D eigenvalue weighted by molar-refractivity contribution is -0.157. The van der Waals surface area contributed by atoms with Crippen LogP contribution >= 0.6 is 7.75 Å². The summed E-state index contributed by atoms with van der Waals surface area (Å²) in [6, 6.07) is 6.28. The first-order valence-electron chi connectivity index (χ1n) is 11.1. The maximum Gasteiger partial charge on any atom is 0.461 e. The number of carbonyl (C=O) groups excluding carboxylic acids is 3. The third-order valence-corrected chi connectivity index (χ3v) is 6.80. The lowest BCUT2D eigenvalue weighted by Crippen LogP contribution is -2.30. The fourth-order valence-corrected chi connectivity index (χ4v) is 4.96. The number of hydrogen-bond acceptors (Lipinski definition) is 10. The average Bonchev–Trinajstić information content (AvgIpc) is 2.93. The second kappa shape index (κ2) is 12.6. The molecule has 2 rings (SSSR count). The maximum atomic E-state index is 13.0. The number of amides is 1. The van der Waals surface area contributed by atoms with Gasteiger partial charge in [0.05, 0.1) is 56.8 Å². The van der Waals surface area contributed by atoms with E-state index in [1.807, 2.05) is 0 Å². The molecule has 2 N–H and O–H groups in total. The number of nitrogen functional groups attached to an aromatic ring is 1. The molecule has 2 aliphatic rings. The van der Waals surface area contributed by atoms with Crippen molar-refractivity contribution in [2.45, 2.75) is 34.1 Å². The molecule has 0 fully saturated rings. The molecule has 0 heterocycles. The second-order valence-electron chi connectivity index (χ2n) is 7.00. The third-order valence-electron chi connectivity index (χ3n) is 4.80. The Balaban J connectivity index is 2.54. The summed E-state index contributed by atoms with van der Waals surface area (Å²) in [5.41, 5.74) is 7.39. The van der Waals surface area contributed by atoms with E-state index in [-0.39, 0.29) is 49.7 Å². The normalized spacial score (nSPS) is 11.3. The van der Waals surface area contributed by atoms with Gasteiger partial charge < -0.3 is 15.2 Å². The summed E-state index contributed by atoms with van der Waals surface area (Å²) in [5, 5.41) is 0. The Morgan fingerprint density at radius 2 is 1.29 bits per heavy atom. The zero-order valence-corrected chi connectivity index (χ0v) is 21.4. The summed E-state index contributed by atoms with van der Waals surface area (Å²) in [5.74, 6) is -2.05. The first kappa shape index (κ1) is 28.3. The van der Waals surface area contributed by atoms with E-state index in [0.29, 0.717) is 21.5 Å². The molecule has 2 aliphatic carbocycles. The van der Waals surface area contributed by atoms with Gasteiger partial charge in [0.25, 0.3) is 5.91 Å². The number of hydroxylamine groups is 1. The SMILES string of the molecule is CCOC(=O)c1c2ccc(CC(=O)N(OC)P(=O)(OCC)OCC)ccc-2c(C(=O)OCC)c1N. The van der Waals surface area contributed by atoms with Gasteiger partial charge in [-0.25, -0.2) is 14.2 Å². The molecule has 0 aromatic carbocycles. The van der Waals surface area contributed by atoms with Crippen molar-refractivity contribution in [3.8, 4) is 11.1 Å². The predicted molar refractivity (Wildman–Crippen MR) is 128 cm³/mol. The number of ether oxygens (including phenoxy) is 2. The largest absolute Gasteiger partial charge is 0.462 e. The molecule has 0 spiro atoms. The standard InChI is InChI=1S/C23H31N2O9P/c1-6-31-22(27)19-16-12-10-15(11-13-17(16)20(21(19)24)23(28)32-7-2)14-18(26)25(30-5)35(29,33-8-3)34-9-4/h10-13H,6-9,14,24H2,1-5H3. The van der Waals surface area contributed by atoms with E-state index in [1.165, 1.54) is 7.11 Å². The molecule has 0 atom stereocenters. The van der Waals surface area contributed by atoms with E-state index in [9.17, 15) is 18.9 Å². The van der Waals surface area contributed by atoms with E-state index < -0.39 is 25.6 Å². The predicted octanol–water partition coefficient (Wildman–Crippen LogP) is 3.84. The van der Waals surface area contributed by atoms with Crippen molar-refractivity contribution in [1.29, 1.82) is 0 Å². The molecule has 0 aliphatic heterocycles. The Morgan fingerprint density at radius 1 is 0.829 bits per heavy atom. The lowest BCUT2D eigenvalue weighted by Gasteiger charge is -2.27. The van der Waals surface area contributed by atoms with Gasteiger partial charge in [0.2, 0.25) is 0 Å². The van der Waals surface area contributed by atoms with Gasteiger partial charge in [-0.3, -0.25) is 18.7 Å². The van der Waals surface area contributed by atoms with Crippen LogP contribution in [0, 0.1) is 0 Å². The first-order valence-corrected chi connectivity index (χ1v) is 12.6. The summed E-state index contributed by atoms with van der Waals surface area (Å²) >= 11 is 0. The Bertz CT molecular complexity index is 1020. The Morgan fingerprint density at radius 3 is 1.66 bits per heavy atom. The van der Waals surface area contributed by atoms with Crippen molar-refractivity contribution in [2.24, 2.45) is 0 Å². The molecule has 0 radical (unpaired) electrons. The smallest absolute Gasteiger partial charge is 0.461 e. The number of fused-ring (bicyclic) bond motifs is 1. The van der Waals surface area contributed by atoms with Crippen molar-refractivity contribution < 1.29 is 42.3 Å². The zero-order valence-electron chi connectivity index (χ0n) is 20.5. The van der Waals surface area contributed by atoms with E-state index >= 15 is 0 Å². The fraction of sp³-hybridized carbons (Fsp3) is 0.435. The second-order valence-corrected chi connectivity index (χ2v) is 8.82. The van der Waals surface area contributed by atoms with Crippen molar-refractivity contribution in [2.75, 3.05) is 39.3 Å². The summed E-state index contributed by atoms with van der Waals surface area (Å²) in [4.78, 5) is 43.8. The number of esters is 2. The average molecular weight is 510 g/mol. The molecule has 0 saturated heterocycles. The van der Waals surface area contributed by atoms with Gasteiger partial charge in [0.15, 0.2) is 0 Å². The summed E-state index contributed by atoms with van der Waals surface area (Å²) < 4.78 is 33.6. The molecule has 35 heavy (non-hydrogen) atoms. The number of carbonyl (C=O) groups is 3. The number of nitrogens with zero attached hydrogens (tertiary/aromatic N) is 1. The van der Waals surface area contributed by atoms with Crippen LogP contribution in [0.4, 0.5) is 5.69 Å². The van der Waals surface area contributed by atoms with Crippen molar-refractivity contribution >= 4 is 31.3 Å².